The second-order valence-electron chi connectivity index (χ2n) is 10.0. The first-order chi connectivity index (χ1) is 15.2. The van der Waals surface area contributed by atoms with E-state index in [0.29, 0.717) is 6.42 Å². The van der Waals surface area contributed by atoms with Gasteiger partial charge in [-0.05, 0) is 44.2 Å². The van der Waals surface area contributed by atoms with Crippen LogP contribution in [0.15, 0.2) is 30.5 Å². The standard InChI is InChI=1S/C27H31NO4/c1-14-20-12-27(4,5)32-26(20)24(15(2)21-10-18(29)11-22(30)31-21)16(3)23(14)25-19-9-7-6-8-17(19)13-28-25/h6-9,13,15,18,21,28-29H,10-12H2,1-5H3/t15?,18-,21+/m1/s1. The molecule has 0 radical (unpaired) electrons. The molecule has 168 valence electrons. The summed E-state index contributed by atoms with van der Waals surface area (Å²) in [6.45, 7) is 10.6. The van der Waals surface area contributed by atoms with Gasteiger partial charge < -0.3 is 19.6 Å². The highest BCUT2D eigenvalue weighted by Gasteiger charge is 2.40. The molecule has 3 aromatic rings. The maximum atomic E-state index is 12.1. The van der Waals surface area contributed by atoms with Crippen molar-refractivity contribution in [2.24, 2.45) is 0 Å². The maximum Gasteiger partial charge on any atom is 0.308 e. The lowest BCUT2D eigenvalue weighted by molar-refractivity contribution is -0.161. The molecule has 0 bridgehead atoms. The third kappa shape index (κ3) is 3.30. The normalized spacial score (nSPS) is 23.0. The van der Waals surface area contributed by atoms with Crippen molar-refractivity contribution in [3.05, 3.63) is 52.7 Å². The van der Waals surface area contributed by atoms with Gasteiger partial charge >= 0.3 is 5.97 Å². The van der Waals surface area contributed by atoms with Crippen LogP contribution in [0.2, 0.25) is 0 Å². The number of rotatable bonds is 3. The first-order valence-corrected chi connectivity index (χ1v) is 11.4. The molecule has 1 unspecified atom stereocenters. The van der Waals surface area contributed by atoms with Crippen LogP contribution in [-0.4, -0.2) is 33.9 Å². The van der Waals surface area contributed by atoms with E-state index in [9.17, 15) is 9.90 Å². The lowest BCUT2D eigenvalue weighted by Crippen LogP contribution is -2.36. The molecule has 5 rings (SSSR count). The molecule has 2 aromatic carbocycles. The molecule has 3 atom stereocenters. The number of cyclic esters (lactones) is 1. The van der Waals surface area contributed by atoms with Crippen molar-refractivity contribution in [3.63, 3.8) is 0 Å². The van der Waals surface area contributed by atoms with Gasteiger partial charge in [-0.2, -0.15) is 0 Å². The number of benzene rings is 2. The molecule has 1 fully saturated rings. The number of fused-ring (bicyclic) bond motifs is 2. The molecule has 5 nitrogen and oxygen atoms in total. The van der Waals surface area contributed by atoms with Crippen molar-refractivity contribution in [1.29, 1.82) is 0 Å². The number of ether oxygens (including phenoxy) is 2. The minimum Gasteiger partial charge on any atom is -0.487 e. The van der Waals surface area contributed by atoms with Crippen LogP contribution >= 0.6 is 0 Å². The molecule has 5 heteroatoms. The fourth-order valence-corrected chi connectivity index (χ4v) is 5.65. The molecule has 1 aromatic heterocycles. The third-order valence-electron chi connectivity index (χ3n) is 7.16. The van der Waals surface area contributed by atoms with E-state index in [-0.39, 0.29) is 30.0 Å². The molecule has 32 heavy (non-hydrogen) atoms. The lowest BCUT2D eigenvalue weighted by atomic mass is 9.80. The van der Waals surface area contributed by atoms with Crippen LogP contribution in [0.3, 0.4) is 0 Å². The Kier molecular flexibility index (Phi) is 4.86. The molecule has 0 spiro atoms. The van der Waals surface area contributed by atoms with Crippen LogP contribution in [0.1, 0.15) is 61.8 Å². The van der Waals surface area contributed by atoms with Crippen LogP contribution in [0.5, 0.6) is 5.75 Å². The zero-order valence-electron chi connectivity index (χ0n) is 19.4. The highest BCUT2D eigenvalue weighted by molar-refractivity contribution is 5.97. The van der Waals surface area contributed by atoms with Crippen molar-refractivity contribution in [2.45, 2.75) is 77.6 Å². The number of hydrogen-bond donors (Lipinski definition) is 2. The second-order valence-corrected chi connectivity index (χ2v) is 10.0. The number of aliphatic hydroxyl groups is 1. The molecule has 2 N–H and O–H groups in total. The van der Waals surface area contributed by atoms with Crippen molar-refractivity contribution in [2.75, 3.05) is 0 Å². The van der Waals surface area contributed by atoms with E-state index in [1.807, 2.05) is 0 Å². The molecular formula is C27H31NO4. The molecule has 0 aliphatic carbocycles. The predicted octanol–water partition coefficient (Wildman–Crippen LogP) is 5.34. The summed E-state index contributed by atoms with van der Waals surface area (Å²) < 4.78 is 12.2. The molecule has 2 aliphatic heterocycles. The summed E-state index contributed by atoms with van der Waals surface area (Å²) >= 11 is 0. The van der Waals surface area contributed by atoms with Gasteiger partial charge in [0.1, 0.15) is 17.5 Å². The maximum absolute atomic E-state index is 12.1. The van der Waals surface area contributed by atoms with Gasteiger partial charge in [0.2, 0.25) is 0 Å². The number of aliphatic hydroxyl groups excluding tert-OH is 1. The van der Waals surface area contributed by atoms with Gasteiger partial charge in [0.15, 0.2) is 0 Å². The Morgan fingerprint density at radius 1 is 1.19 bits per heavy atom. The fraction of sp³-hybridized carbons (Fsp3) is 0.444. The van der Waals surface area contributed by atoms with Crippen LogP contribution in [0.4, 0.5) is 0 Å². The average Bonchev–Trinajstić information content (AvgIpc) is 3.28. The summed E-state index contributed by atoms with van der Waals surface area (Å²) in [7, 11) is 0. The number of aromatic amines is 1. The Hall–Kier alpha value is -2.79. The zero-order chi connectivity index (χ0) is 22.8. The molecule has 0 amide bonds. The topological polar surface area (TPSA) is 71.5 Å². The van der Waals surface area contributed by atoms with E-state index in [0.717, 1.165) is 29.0 Å². The predicted molar refractivity (Wildman–Crippen MR) is 125 cm³/mol. The number of carbonyl (C=O) groups excluding carboxylic acids is 1. The Morgan fingerprint density at radius 2 is 1.94 bits per heavy atom. The van der Waals surface area contributed by atoms with Crippen molar-refractivity contribution in [1.82, 2.24) is 4.98 Å². The number of aromatic nitrogens is 1. The van der Waals surface area contributed by atoms with E-state index < -0.39 is 6.10 Å². The van der Waals surface area contributed by atoms with Crippen molar-refractivity contribution < 1.29 is 19.4 Å². The summed E-state index contributed by atoms with van der Waals surface area (Å²) in [5.41, 5.74) is 6.67. The number of carbonyl (C=O) groups is 1. The number of nitrogens with one attached hydrogen (secondary N) is 1. The summed E-state index contributed by atoms with van der Waals surface area (Å²) in [6, 6.07) is 8.38. The molecule has 3 heterocycles. The average molecular weight is 434 g/mol. The van der Waals surface area contributed by atoms with Crippen molar-refractivity contribution >= 4 is 16.7 Å². The molecular weight excluding hydrogens is 402 g/mol. The van der Waals surface area contributed by atoms with Crippen molar-refractivity contribution in [3.8, 4) is 17.0 Å². The van der Waals surface area contributed by atoms with Gasteiger partial charge in [-0.1, -0.05) is 31.2 Å². The van der Waals surface area contributed by atoms with Crippen LogP contribution in [0.25, 0.3) is 22.0 Å². The quantitative estimate of drug-likeness (QED) is 0.547. The summed E-state index contributed by atoms with van der Waals surface area (Å²) in [5.74, 6) is 0.490. The van der Waals surface area contributed by atoms with E-state index in [2.05, 4.69) is 70.1 Å². The van der Waals surface area contributed by atoms with E-state index in [1.165, 1.54) is 27.5 Å². The Bertz CT molecular complexity index is 1220. The van der Waals surface area contributed by atoms with Crippen LogP contribution < -0.4 is 4.74 Å². The largest absolute Gasteiger partial charge is 0.487 e. The van der Waals surface area contributed by atoms with Crippen LogP contribution in [0, 0.1) is 13.8 Å². The number of H-pyrrole nitrogens is 1. The Balaban J connectivity index is 1.73. The van der Waals surface area contributed by atoms with Gasteiger partial charge in [-0.15, -0.1) is 0 Å². The third-order valence-corrected chi connectivity index (χ3v) is 7.16. The minimum absolute atomic E-state index is 0.0669. The Morgan fingerprint density at radius 3 is 2.69 bits per heavy atom. The first-order valence-electron chi connectivity index (χ1n) is 11.4. The van der Waals surface area contributed by atoms with E-state index >= 15 is 0 Å². The number of esters is 1. The summed E-state index contributed by atoms with van der Waals surface area (Å²) in [4.78, 5) is 15.6. The summed E-state index contributed by atoms with van der Waals surface area (Å²) in [5, 5.41) is 12.6. The molecule has 0 saturated carbocycles. The van der Waals surface area contributed by atoms with Crippen LogP contribution in [-0.2, 0) is 16.0 Å². The fourth-order valence-electron chi connectivity index (χ4n) is 5.65. The van der Waals surface area contributed by atoms with Gasteiger partial charge in [0.05, 0.1) is 18.2 Å². The summed E-state index contributed by atoms with van der Waals surface area (Å²) in [6.07, 6.45) is 2.35. The molecule has 1 saturated heterocycles. The van der Waals surface area contributed by atoms with Gasteiger partial charge in [0.25, 0.3) is 0 Å². The lowest BCUT2D eigenvalue weighted by Gasteiger charge is -2.33. The van der Waals surface area contributed by atoms with E-state index in [4.69, 9.17) is 9.47 Å². The van der Waals surface area contributed by atoms with E-state index in [1.54, 1.807) is 0 Å². The Labute approximate surface area is 188 Å². The zero-order valence-corrected chi connectivity index (χ0v) is 19.4. The number of hydrogen-bond acceptors (Lipinski definition) is 4. The highest BCUT2D eigenvalue weighted by atomic mass is 16.5. The minimum atomic E-state index is -0.660. The first kappa shape index (κ1) is 21.1. The SMILES string of the molecule is Cc1c2c(c(C(C)[C@@H]3C[C@@H](O)CC(=O)O3)c(C)c1-c1[nH]cc3ccccc13)OC(C)(C)C2. The van der Waals surface area contributed by atoms with Gasteiger partial charge in [-0.3, -0.25) is 4.79 Å². The highest BCUT2D eigenvalue weighted by Crippen LogP contribution is 2.50. The smallest absolute Gasteiger partial charge is 0.308 e. The van der Waals surface area contributed by atoms with Gasteiger partial charge in [0, 0.05) is 47.0 Å². The monoisotopic (exact) mass is 433 g/mol. The van der Waals surface area contributed by atoms with Gasteiger partial charge in [-0.25, -0.2) is 0 Å². The second kappa shape index (κ2) is 7.38. The molecule has 2 aliphatic rings.